The normalized spacial score (nSPS) is 12.1. The zero-order valence-corrected chi connectivity index (χ0v) is 17.7. The molecular weight excluding hydrogens is 360 g/mol. The summed E-state index contributed by atoms with van der Waals surface area (Å²) in [7, 11) is 1.68. The van der Waals surface area contributed by atoms with E-state index in [0.717, 1.165) is 60.1 Å². The molecule has 0 amide bonds. The lowest BCUT2D eigenvalue weighted by molar-refractivity contribution is 0.284. The lowest BCUT2D eigenvalue weighted by Crippen LogP contribution is -2.03. The molecule has 0 spiro atoms. The first kappa shape index (κ1) is 21.7. The van der Waals surface area contributed by atoms with Crippen LogP contribution >= 0.6 is 11.6 Å². The van der Waals surface area contributed by atoms with E-state index in [-0.39, 0.29) is 5.38 Å². The zero-order chi connectivity index (χ0) is 19.5. The van der Waals surface area contributed by atoms with Crippen molar-refractivity contribution in [2.75, 3.05) is 20.3 Å². The Bertz CT molecular complexity index is 687. The van der Waals surface area contributed by atoms with Crippen molar-refractivity contribution in [1.82, 2.24) is 0 Å². The van der Waals surface area contributed by atoms with Gasteiger partial charge in [-0.1, -0.05) is 51.0 Å². The Hall–Kier alpha value is -1.61. The first-order valence-electron chi connectivity index (χ1n) is 10.2. The molecule has 27 heavy (non-hydrogen) atoms. The number of rotatable bonds is 13. The summed E-state index contributed by atoms with van der Waals surface area (Å²) in [4.78, 5) is 0. The molecule has 2 rings (SSSR count). The minimum Gasteiger partial charge on any atom is -0.493 e. The van der Waals surface area contributed by atoms with Gasteiger partial charge < -0.3 is 14.2 Å². The number of hydrogen-bond donors (Lipinski definition) is 0. The summed E-state index contributed by atoms with van der Waals surface area (Å²) >= 11 is 6.19. The van der Waals surface area contributed by atoms with Crippen LogP contribution in [0.15, 0.2) is 30.3 Å². The molecule has 0 bridgehead atoms. The van der Waals surface area contributed by atoms with Crippen molar-refractivity contribution in [3.8, 4) is 17.2 Å². The highest BCUT2D eigenvalue weighted by Crippen LogP contribution is 2.41. The Balaban J connectivity index is 2.10. The van der Waals surface area contributed by atoms with Crippen LogP contribution in [-0.4, -0.2) is 25.7 Å². The molecule has 1 atom stereocenters. The average molecular weight is 393 g/mol. The predicted molar refractivity (Wildman–Crippen MR) is 115 cm³/mol. The molecule has 0 aliphatic rings. The summed E-state index contributed by atoms with van der Waals surface area (Å²) in [5.41, 5.74) is 0. The van der Waals surface area contributed by atoms with Crippen LogP contribution in [0.3, 0.4) is 0 Å². The van der Waals surface area contributed by atoms with Crippen molar-refractivity contribution in [2.24, 2.45) is 0 Å². The number of ether oxygens (including phenoxy) is 3. The zero-order valence-electron chi connectivity index (χ0n) is 16.9. The van der Waals surface area contributed by atoms with E-state index < -0.39 is 0 Å². The molecule has 0 aliphatic heterocycles. The van der Waals surface area contributed by atoms with E-state index in [1.54, 1.807) is 7.11 Å². The molecular formula is C23H33ClO3. The van der Waals surface area contributed by atoms with Crippen molar-refractivity contribution >= 4 is 22.4 Å². The van der Waals surface area contributed by atoms with Gasteiger partial charge in [-0.25, -0.2) is 0 Å². The largest absolute Gasteiger partial charge is 0.493 e. The third-order valence-electron chi connectivity index (χ3n) is 4.75. The lowest BCUT2D eigenvalue weighted by Gasteiger charge is -2.17. The highest BCUT2D eigenvalue weighted by molar-refractivity contribution is 6.20. The Morgan fingerprint density at radius 3 is 2.30 bits per heavy atom. The number of benzene rings is 2. The monoisotopic (exact) mass is 392 g/mol. The second kappa shape index (κ2) is 12.0. The Morgan fingerprint density at radius 1 is 0.889 bits per heavy atom. The van der Waals surface area contributed by atoms with Crippen LogP contribution in [0.25, 0.3) is 10.8 Å². The number of methoxy groups -OCH3 is 1. The van der Waals surface area contributed by atoms with Gasteiger partial charge in [0.2, 0.25) is 0 Å². The molecule has 3 nitrogen and oxygen atoms in total. The number of halogens is 1. The highest BCUT2D eigenvalue weighted by atomic mass is 35.5. The van der Waals surface area contributed by atoms with E-state index in [2.05, 4.69) is 26.0 Å². The molecule has 0 saturated heterocycles. The van der Waals surface area contributed by atoms with Gasteiger partial charge in [-0.3, -0.25) is 0 Å². The van der Waals surface area contributed by atoms with Crippen LogP contribution in [0.4, 0.5) is 0 Å². The van der Waals surface area contributed by atoms with Gasteiger partial charge in [-0.2, -0.15) is 0 Å². The minimum atomic E-state index is 0.273. The van der Waals surface area contributed by atoms with E-state index in [9.17, 15) is 0 Å². The smallest absolute Gasteiger partial charge is 0.169 e. The van der Waals surface area contributed by atoms with Crippen LogP contribution in [0.1, 0.15) is 58.8 Å². The second-order valence-corrected chi connectivity index (χ2v) is 7.47. The van der Waals surface area contributed by atoms with Crippen LogP contribution in [0.5, 0.6) is 17.2 Å². The maximum atomic E-state index is 6.19. The van der Waals surface area contributed by atoms with Crippen molar-refractivity contribution < 1.29 is 14.2 Å². The van der Waals surface area contributed by atoms with Crippen LogP contribution in [0, 0.1) is 0 Å². The highest BCUT2D eigenvalue weighted by Gasteiger charge is 2.15. The maximum Gasteiger partial charge on any atom is 0.169 e. The Kier molecular flexibility index (Phi) is 9.61. The van der Waals surface area contributed by atoms with Gasteiger partial charge in [0.25, 0.3) is 0 Å². The molecule has 2 aromatic rings. The standard InChI is InChI=1S/C23H33ClO3/c1-4-6-10-16-27-23-20-14-8-7-13-19(20)21(17-22(23)25-3)26-15-11-9-12-18(24)5-2/h7-8,13-14,17-18H,4-6,9-12,15-16H2,1-3H3. The van der Waals surface area contributed by atoms with E-state index >= 15 is 0 Å². The van der Waals surface area contributed by atoms with E-state index in [0.29, 0.717) is 13.2 Å². The van der Waals surface area contributed by atoms with Gasteiger partial charge >= 0.3 is 0 Å². The minimum absolute atomic E-state index is 0.273. The lowest BCUT2D eigenvalue weighted by atomic mass is 10.1. The molecule has 0 fully saturated rings. The predicted octanol–water partition coefficient (Wildman–Crippen LogP) is 6.98. The van der Waals surface area contributed by atoms with Crippen LogP contribution in [-0.2, 0) is 0 Å². The van der Waals surface area contributed by atoms with Crippen molar-refractivity contribution in [1.29, 1.82) is 0 Å². The number of fused-ring (bicyclic) bond motifs is 1. The summed E-state index contributed by atoms with van der Waals surface area (Å²) in [6.07, 6.45) is 7.52. The fraction of sp³-hybridized carbons (Fsp3) is 0.565. The molecule has 0 aromatic heterocycles. The molecule has 1 unspecified atom stereocenters. The summed E-state index contributed by atoms with van der Waals surface area (Å²) in [5.74, 6) is 2.39. The fourth-order valence-electron chi connectivity index (χ4n) is 3.09. The Morgan fingerprint density at radius 2 is 1.59 bits per heavy atom. The molecule has 2 aromatic carbocycles. The van der Waals surface area contributed by atoms with Gasteiger partial charge in [-0.05, 0) is 32.1 Å². The van der Waals surface area contributed by atoms with Crippen LogP contribution < -0.4 is 14.2 Å². The summed E-state index contributed by atoms with van der Waals surface area (Å²) in [6, 6.07) is 10.2. The fourth-order valence-corrected chi connectivity index (χ4v) is 3.25. The third kappa shape index (κ3) is 6.49. The third-order valence-corrected chi connectivity index (χ3v) is 5.28. The SMILES string of the molecule is CCCCCOc1c(OC)cc(OCCCCC(Cl)CC)c2ccccc12. The van der Waals surface area contributed by atoms with Gasteiger partial charge in [0.05, 0.1) is 20.3 Å². The molecule has 0 aliphatic carbocycles. The summed E-state index contributed by atoms with van der Waals surface area (Å²) < 4.78 is 17.8. The number of hydrogen-bond acceptors (Lipinski definition) is 3. The molecule has 0 N–H and O–H groups in total. The second-order valence-electron chi connectivity index (χ2n) is 6.86. The van der Waals surface area contributed by atoms with Crippen molar-refractivity contribution in [3.63, 3.8) is 0 Å². The van der Waals surface area contributed by atoms with Crippen LogP contribution in [0.2, 0.25) is 0 Å². The van der Waals surface area contributed by atoms with E-state index in [4.69, 9.17) is 25.8 Å². The van der Waals surface area contributed by atoms with Gasteiger partial charge in [0.1, 0.15) is 5.75 Å². The van der Waals surface area contributed by atoms with E-state index in [1.807, 2.05) is 18.2 Å². The summed E-state index contributed by atoms with van der Waals surface area (Å²) in [5, 5.41) is 2.37. The first-order valence-corrected chi connectivity index (χ1v) is 10.6. The van der Waals surface area contributed by atoms with Crippen molar-refractivity contribution in [2.45, 2.75) is 64.2 Å². The molecule has 4 heteroatoms. The topological polar surface area (TPSA) is 27.7 Å². The molecule has 0 heterocycles. The maximum absolute atomic E-state index is 6.19. The van der Waals surface area contributed by atoms with Crippen molar-refractivity contribution in [3.05, 3.63) is 30.3 Å². The average Bonchev–Trinajstić information content (AvgIpc) is 2.71. The first-order chi connectivity index (χ1) is 13.2. The quantitative estimate of drug-likeness (QED) is 0.271. The van der Waals surface area contributed by atoms with Gasteiger partial charge in [-0.15, -0.1) is 11.6 Å². The van der Waals surface area contributed by atoms with Gasteiger partial charge in [0.15, 0.2) is 11.5 Å². The number of unbranched alkanes of at least 4 members (excludes halogenated alkanes) is 3. The van der Waals surface area contributed by atoms with Gasteiger partial charge in [0, 0.05) is 22.2 Å². The molecule has 0 saturated carbocycles. The molecule has 150 valence electrons. The summed E-state index contributed by atoms with van der Waals surface area (Å²) in [6.45, 7) is 5.69. The number of alkyl halides is 1. The van der Waals surface area contributed by atoms with E-state index in [1.165, 1.54) is 12.8 Å². The Labute approximate surface area is 169 Å². The molecule has 0 radical (unpaired) electrons.